The van der Waals surface area contributed by atoms with Gasteiger partial charge >= 0.3 is 11.9 Å². The predicted molar refractivity (Wildman–Crippen MR) is 91.9 cm³/mol. The highest BCUT2D eigenvalue weighted by molar-refractivity contribution is 7.89. The van der Waals surface area contributed by atoms with Gasteiger partial charge in [-0.2, -0.15) is 0 Å². The number of esters is 2. The number of carbonyl (C=O) groups is 2. The van der Waals surface area contributed by atoms with Crippen molar-refractivity contribution in [2.75, 3.05) is 13.4 Å². The quantitative estimate of drug-likeness (QED) is 0.733. The second-order valence-electron chi connectivity index (χ2n) is 5.53. The maximum absolute atomic E-state index is 12.0. The Morgan fingerprint density at radius 1 is 0.840 bits per heavy atom. The molecule has 0 saturated carbocycles. The van der Waals surface area contributed by atoms with Gasteiger partial charge in [-0.1, -0.05) is 24.3 Å². The summed E-state index contributed by atoms with van der Waals surface area (Å²) in [6, 6.07) is 12.8. The molecule has 0 aliphatic rings. The molecule has 0 atom stereocenters. The molecule has 2 aromatic carbocycles. The van der Waals surface area contributed by atoms with Crippen molar-refractivity contribution in [1.29, 1.82) is 0 Å². The Labute approximate surface area is 146 Å². The summed E-state index contributed by atoms with van der Waals surface area (Å²) in [5, 5.41) is 0. The number of methoxy groups -OCH3 is 1. The highest BCUT2D eigenvalue weighted by Crippen LogP contribution is 2.11. The number of rotatable bonds is 6. The average Bonchev–Trinajstić information content (AvgIpc) is 2.58. The number of hydrogen-bond donors (Lipinski definition) is 0. The molecule has 2 aromatic rings. The number of hydrogen-bond acceptors (Lipinski definition) is 6. The molecule has 0 N–H and O–H groups in total. The fraction of sp³-hybridized carbons (Fsp3) is 0.222. The van der Waals surface area contributed by atoms with Gasteiger partial charge in [0.15, 0.2) is 9.84 Å². The van der Waals surface area contributed by atoms with E-state index in [9.17, 15) is 18.0 Å². The van der Waals surface area contributed by atoms with Crippen molar-refractivity contribution >= 4 is 21.8 Å². The van der Waals surface area contributed by atoms with E-state index in [4.69, 9.17) is 4.74 Å². The molecular weight excluding hydrogens is 344 g/mol. The van der Waals surface area contributed by atoms with Gasteiger partial charge in [0.25, 0.3) is 0 Å². The SMILES string of the molecule is COC(=O)c1ccc(COC(=O)c2ccc(CS(C)(=O)=O)cc2)cc1. The third-order valence-electron chi connectivity index (χ3n) is 3.36. The highest BCUT2D eigenvalue weighted by Gasteiger charge is 2.10. The molecule has 0 fully saturated rings. The van der Waals surface area contributed by atoms with Gasteiger partial charge in [-0.25, -0.2) is 18.0 Å². The third-order valence-corrected chi connectivity index (χ3v) is 4.22. The van der Waals surface area contributed by atoms with Crippen LogP contribution in [0.4, 0.5) is 0 Å². The van der Waals surface area contributed by atoms with Crippen molar-refractivity contribution in [3.05, 3.63) is 70.8 Å². The molecule has 0 spiro atoms. The normalized spacial score (nSPS) is 11.0. The van der Waals surface area contributed by atoms with E-state index in [1.807, 2.05) is 0 Å². The van der Waals surface area contributed by atoms with E-state index < -0.39 is 21.8 Å². The van der Waals surface area contributed by atoms with Crippen molar-refractivity contribution in [3.63, 3.8) is 0 Å². The molecule has 0 radical (unpaired) electrons. The van der Waals surface area contributed by atoms with E-state index in [2.05, 4.69) is 4.74 Å². The summed E-state index contributed by atoms with van der Waals surface area (Å²) >= 11 is 0. The Hall–Kier alpha value is -2.67. The Balaban J connectivity index is 1.94. The lowest BCUT2D eigenvalue weighted by atomic mass is 10.1. The van der Waals surface area contributed by atoms with Gasteiger partial charge in [0, 0.05) is 6.26 Å². The van der Waals surface area contributed by atoms with Crippen LogP contribution in [0.3, 0.4) is 0 Å². The summed E-state index contributed by atoms with van der Waals surface area (Å²) in [5.41, 5.74) is 2.09. The first-order valence-corrected chi connectivity index (χ1v) is 9.45. The van der Waals surface area contributed by atoms with E-state index in [1.54, 1.807) is 36.4 Å². The Morgan fingerprint density at radius 2 is 1.32 bits per heavy atom. The molecule has 2 rings (SSSR count). The van der Waals surface area contributed by atoms with Crippen molar-refractivity contribution in [3.8, 4) is 0 Å². The fourth-order valence-corrected chi connectivity index (χ4v) is 2.92. The highest BCUT2D eigenvalue weighted by atomic mass is 32.2. The lowest BCUT2D eigenvalue weighted by molar-refractivity contribution is 0.0471. The summed E-state index contributed by atoms with van der Waals surface area (Å²) in [6.07, 6.45) is 1.15. The predicted octanol–water partition coefficient (Wildman–Crippen LogP) is 2.37. The van der Waals surface area contributed by atoms with E-state index in [0.717, 1.165) is 11.8 Å². The molecule has 6 nitrogen and oxygen atoms in total. The number of benzene rings is 2. The van der Waals surface area contributed by atoms with Crippen LogP contribution in [0.2, 0.25) is 0 Å². The van der Waals surface area contributed by atoms with Gasteiger partial charge in [0.2, 0.25) is 0 Å². The van der Waals surface area contributed by atoms with E-state index in [1.165, 1.54) is 19.2 Å². The van der Waals surface area contributed by atoms with Crippen molar-refractivity contribution in [2.45, 2.75) is 12.4 Å². The molecule has 7 heteroatoms. The van der Waals surface area contributed by atoms with Crippen LogP contribution in [0.15, 0.2) is 48.5 Å². The van der Waals surface area contributed by atoms with Gasteiger partial charge < -0.3 is 9.47 Å². The second kappa shape index (κ2) is 7.94. The molecular formula is C18H18O6S. The zero-order chi connectivity index (χ0) is 18.4. The summed E-state index contributed by atoms with van der Waals surface area (Å²) < 4.78 is 32.3. The first-order chi connectivity index (χ1) is 11.8. The molecule has 0 bridgehead atoms. The molecule has 25 heavy (non-hydrogen) atoms. The molecule has 0 aliphatic heterocycles. The maximum atomic E-state index is 12.0. The number of sulfone groups is 1. The number of carbonyl (C=O) groups excluding carboxylic acids is 2. The summed E-state index contributed by atoms with van der Waals surface area (Å²) in [7, 11) is -1.81. The smallest absolute Gasteiger partial charge is 0.338 e. The standard InChI is InChI=1S/C18H18O6S/c1-23-17(19)15-7-3-13(4-8-15)11-24-18(20)16-9-5-14(6-10-16)12-25(2,21)22/h3-10H,11-12H2,1-2H3. The van der Waals surface area contributed by atoms with Crippen LogP contribution in [0.1, 0.15) is 31.8 Å². The van der Waals surface area contributed by atoms with Gasteiger partial charge in [0.05, 0.1) is 24.0 Å². The molecule has 0 aliphatic carbocycles. The van der Waals surface area contributed by atoms with Gasteiger partial charge in [-0.15, -0.1) is 0 Å². The van der Waals surface area contributed by atoms with Crippen LogP contribution in [0.5, 0.6) is 0 Å². The number of ether oxygens (including phenoxy) is 2. The zero-order valence-corrected chi connectivity index (χ0v) is 14.7. The minimum atomic E-state index is -3.12. The van der Waals surface area contributed by atoms with E-state index in [-0.39, 0.29) is 12.4 Å². The Bertz CT molecular complexity index is 851. The molecule has 0 unspecified atom stereocenters. The van der Waals surface area contributed by atoms with Crippen molar-refractivity contribution in [2.24, 2.45) is 0 Å². The average molecular weight is 362 g/mol. The fourth-order valence-electron chi connectivity index (χ4n) is 2.13. The zero-order valence-electron chi connectivity index (χ0n) is 13.9. The van der Waals surface area contributed by atoms with E-state index >= 15 is 0 Å². The summed E-state index contributed by atoms with van der Waals surface area (Å²) in [5.74, 6) is -1.02. The molecule has 132 valence electrons. The summed E-state index contributed by atoms with van der Waals surface area (Å²) in [4.78, 5) is 23.4. The largest absolute Gasteiger partial charge is 0.465 e. The van der Waals surface area contributed by atoms with Crippen molar-refractivity contribution in [1.82, 2.24) is 0 Å². The third kappa shape index (κ3) is 5.72. The first-order valence-electron chi connectivity index (χ1n) is 7.39. The van der Waals surface area contributed by atoms with Crippen LogP contribution in [-0.2, 0) is 31.7 Å². The van der Waals surface area contributed by atoms with Gasteiger partial charge in [-0.3, -0.25) is 0 Å². The van der Waals surface area contributed by atoms with Gasteiger partial charge in [0.1, 0.15) is 6.61 Å². The van der Waals surface area contributed by atoms with Gasteiger partial charge in [-0.05, 0) is 35.4 Å². The minimum absolute atomic E-state index is 0.0609. The molecule has 0 amide bonds. The lowest BCUT2D eigenvalue weighted by Crippen LogP contribution is -2.06. The maximum Gasteiger partial charge on any atom is 0.338 e. The van der Waals surface area contributed by atoms with Crippen LogP contribution in [0, 0.1) is 0 Å². The van der Waals surface area contributed by atoms with Crippen LogP contribution >= 0.6 is 0 Å². The van der Waals surface area contributed by atoms with E-state index in [0.29, 0.717) is 16.7 Å². The van der Waals surface area contributed by atoms with Crippen molar-refractivity contribution < 1.29 is 27.5 Å². The second-order valence-corrected chi connectivity index (χ2v) is 7.67. The Morgan fingerprint density at radius 3 is 1.80 bits per heavy atom. The molecule has 0 saturated heterocycles. The van der Waals surface area contributed by atoms with Crippen LogP contribution in [0.25, 0.3) is 0 Å². The molecule has 0 heterocycles. The first kappa shape index (κ1) is 18.7. The monoisotopic (exact) mass is 362 g/mol. The Kier molecular flexibility index (Phi) is 5.93. The van der Waals surface area contributed by atoms with Crippen LogP contribution < -0.4 is 0 Å². The lowest BCUT2D eigenvalue weighted by Gasteiger charge is -2.07. The van der Waals surface area contributed by atoms with Crippen LogP contribution in [-0.4, -0.2) is 33.7 Å². The minimum Gasteiger partial charge on any atom is -0.465 e. The topological polar surface area (TPSA) is 86.7 Å². The summed E-state index contributed by atoms with van der Waals surface area (Å²) in [6.45, 7) is 0.0609. The molecule has 0 aromatic heterocycles.